The van der Waals surface area contributed by atoms with Crippen LogP contribution >= 0.6 is 0 Å². The first-order valence-corrected chi connectivity index (χ1v) is 14.0. The molecule has 35 heavy (non-hydrogen) atoms. The molecule has 1 aliphatic carbocycles. The van der Waals surface area contributed by atoms with Crippen molar-refractivity contribution in [2.75, 3.05) is 25.0 Å². The molecular formula is C25H33N7O2S. The van der Waals surface area contributed by atoms with Crippen LogP contribution in [0.3, 0.4) is 0 Å². The van der Waals surface area contributed by atoms with Gasteiger partial charge in [0.15, 0.2) is 0 Å². The van der Waals surface area contributed by atoms with E-state index in [0.717, 1.165) is 49.2 Å². The molecule has 1 atom stereocenters. The molecule has 2 fully saturated rings. The molecular weight excluding hydrogens is 462 g/mol. The molecule has 2 aliphatic rings. The molecule has 3 aromatic rings. The minimum Gasteiger partial charge on any atom is -0.368 e. The third kappa shape index (κ3) is 5.38. The second kappa shape index (κ2) is 10.4. The van der Waals surface area contributed by atoms with E-state index in [2.05, 4.69) is 31.0 Å². The van der Waals surface area contributed by atoms with Crippen LogP contribution in [0.5, 0.6) is 0 Å². The highest BCUT2D eigenvalue weighted by Crippen LogP contribution is 2.32. The Morgan fingerprint density at radius 3 is 2.71 bits per heavy atom. The van der Waals surface area contributed by atoms with Crippen molar-refractivity contribution in [1.82, 2.24) is 29.9 Å². The average molecular weight is 496 g/mol. The number of nitrogens with one attached hydrogen (secondary N) is 1. The van der Waals surface area contributed by atoms with Crippen molar-refractivity contribution in [2.45, 2.75) is 62.3 Å². The number of aromatic nitrogens is 5. The van der Waals surface area contributed by atoms with Gasteiger partial charge >= 0.3 is 0 Å². The number of hydrogen-bond donors (Lipinski definition) is 1. The Morgan fingerprint density at radius 1 is 1.09 bits per heavy atom. The molecule has 2 aromatic heterocycles. The van der Waals surface area contributed by atoms with E-state index < -0.39 is 10.0 Å². The van der Waals surface area contributed by atoms with Crippen LogP contribution in [-0.4, -0.2) is 53.7 Å². The van der Waals surface area contributed by atoms with Crippen LogP contribution in [0.1, 0.15) is 56.6 Å². The number of rotatable bonds is 7. The molecule has 1 saturated heterocycles. The normalized spacial score (nSPS) is 19.7. The van der Waals surface area contributed by atoms with Gasteiger partial charge in [0, 0.05) is 24.8 Å². The van der Waals surface area contributed by atoms with Gasteiger partial charge < -0.3 is 4.90 Å². The lowest BCUT2D eigenvalue weighted by atomic mass is 9.84. The van der Waals surface area contributed by atoms with E-state index in [9.17, 15) is 8.42 Å². The van der Waals surface area contributed by atoms with Gasteiger partial charge in [-0.1, -0.05) is 38.2 Å². The van der Waals surface area contributed by atoms with E-state index in [1.807, 2.05) is 18.3 Å². The first-order chi connectivity index (χ1) is 17.0. The second-order valence-corrected chi connectivity index (χ2v) is 11.5. The van der Waals surface area contributed by atoms with Crippen molar-refractivity contribution in [2.24, 2.45) is 5.92 Å². The number of hydrogen-bond acceptors (Lipinski definition) is 7. The molecule has 1 aromatic carbocycles. The zero-order valence-electron chi connectivity index (χ0n) is 20.2. The fourth-order valence-electron chi connectivity index (χ4n) is 5.34. The van der Waals surface area contributed by atoms with Gasteiger partial charge in [0.2, 0.25) is 15.8 Å². The Hall–Kier alpha value is -2.85. The van der Waals surface area contributed by atoms with Gasteiger partial charge in [-0.05, 0) is 67.3 Å². The minimum absolute atomic E-state index is 0.0937. The predicted molar refractivity (Wildman–Crippen MR) is 134 cm³/mol. The Kier molecular flexibility index (Phi) is 7.10. The van der Waals surface area contributed by atoms with Gasteiger partial charge in [-0.25, -0.2) is 13.1 Å². The Balaban J connectivity index is 1.43. The largest absolute Gasteiger partial charge is 0.368 e. The van der Waals surface area contributed by atoms with Gasteiger partial charge in [0.05, 0.1) is 22.8 Å². The topological polar surface area (TPSA) is 106 Å². The predicted octanol–water partition coefficient (Wildman–Crippen LogP) is 3.61. The molecule has 0 amide bonds. The Morgan fingerprint density at radius 2 is 1.94 bits per heavy atom. The van der Waals surface area contributed by atoms with Crippen molar-refractivity contribution in [3.63, 3.8) is 0 Å². The summed E-state index contributed by atoms with van der Waals surface area (Å²) in [4.78, 5) is 8.48. The van der Waals surface area contributed by atoms with E-state index in [-0.39, 0.29) is 10.9 Å². The SMILES string of the molecule is CNS(=O)(=O)c1ccc(CC2CCCCC2)c(-c2nnn(C3CCCN(c4cccnc4)C3)n2)c1. The van der Waals surface area contributed by atoms with E-state index >= 15 is 0 Å². The first-order valence-electron chi connectivity index (χ1n) is 12.5. The molecule has 3 heterocycles. The molecule has 1 N–H and O–H groups in total. The molecule has 1 saturated carbocycles. The quantitative estimate of drug-likeness (QED) is 0.534. The van der Waals surface area contributed by atoms with Crippen molar-refractivity contribution in [3.05, 3.63) is 48.3 Å². The molecule has 5 rings (SSSR count). The summed E-state index contributed by atoms with van der Waals surface area (Å²) in [6.45, 7) is 1.75. The molecule has 0 spiro atoms. The highest BCUT2D eigenvalue weighted by molar-refractivity contribution is 7.89. The summed E-state index contributed by atoms with van der Waals surface area (Å²) in [5.74, 6) is 1.10. The van der Waals surface area contributed by atoms with Gasteiger partial charge in [0.1, 0.15) is 0 Å². The number of piperidine rings is 1. The van der Waals surface area contributed by atoms with Crippen LogP contribution in [0.2, 0.25) is 0 Å². The van der Waals surface area contributed by atoms with E-state index in [4.69, 9.17) is 5.10 Å². The summed E-state index contributed by atoms with van der Waals surface area (Å²) >= 11 is 0. The maximum atomic E-state index is 12.5. The Bertz CT molecular complexity index is 1240. The fourth-order valence-corrected chi connectivity index (χ4v) is 6.09. The zero-order valence-corrected chi connectivity index (χ0v) is 21.0. The summed E-state index contributed by atoms with van der Waals surface area (Å²) in [5.41, 5.74) is 2.95. The molecule has 0 radical (unpaired) electrons. The molecule has 1 unspecified atom stereocenters. The van der Waals surface area contributed by atoms with Crippen molar-refractivity contribution >= 4 is 15.7 Å². The number of pyridine rings is 1. The summed E-state index contributed by atoms with van der Waals surface area (Å²) in [6.07, 6.45) is 12.8. The maximum Gasteiger partial charge on any atom is 0.240 e. The minimum atomic E-state index is -3.58. The summed E-state index contributed by atoms with van der Waals surface area (Å²) in [7, 11) is -2.15. The highest BCUT2D eigenvalue weighted by Gasteiger charge is 2.26. The molecule has 9 nitrogen and oxygen atoms in total. The lowest BCUT2D eigenvalue weighted by Crippen LogP contribution is -2.37. The second-order valence-electron chi connectivity index (χ2n) is 9.62. The Labute approximate surface area is 207 Å². The lowest BCUT2D eigenvalue weighted by molar-refractivity contribution is 0.337. The lowest BCUT2D eigenvalue weighted by Gasteiger charge is -2.33. The molecule has 0 bridgehead atoms. The highest BCUT2D eigenvalue weighted by atomic mass is 32.2. The fraction of sp³-hybridized carbons (Fsp3) is 0.520. The molecule has 10 heteroatoms. The van der Waals surface area contributed by atoms with Crippen molar-refractivity contribution < 1.29 is 8.42 Å². The summed E-state index contributed by atoms with van der Waals surface area (Å²) in [6, 6.07) is 9.43. The number of tetrazole rings is 1. The van der Waals surface area contributed by atoms with Crippen molar-refractivity contribution in [3.8, 4) is 11.4 Å². The van der Waals surface area contributed by atoms with Crippen LogP contribution < -0.4 is 9.62 Å². The van der Waals surface area contributed by atoms with Gasteiger partial charge in [-0.2, -0.15) is 4.80 Å². The smallest absolute Gasteiger partial charge is 0.240 e. The van der Waals surface area contributed by atoms with Crippen molar-refractivity contribution in [1.29, 1.82) is 0 Å². The van der Waals surface area contributed by atoms with Gasteiger partial charge in [0.25, 0.3) is 0 Å². The van der Waals surface area contributed by atoms with Crippen LogP contribution in [0, 0.1) is 5.92 Å². The van der Waals surface area contributed by atoms with Crippen LogP contribution in [0.25, 0.3) is 11.4 Å². The first kappa shape index (κ1) is 23.9. The average Bonchev–Trinajstić information content (AvgIpc) is 3.40. The number of sulfonamides is 1. The zero-order chi connectivity index (χ0) is 24.3. The summed E-state index contributed by atoms with van der Waals surface area (Å²) < 4.78 is 27.5. The number of benzene rings is 1. The third-order valence-corrected chi connectivity index (χ3v) is 8.71. The molecule has 1 aliphatic heterocycles. The van der Waals surface area contributed by atoms with Gasteiger partial charge in [-0.15, -0.1) is 10.2 Å². The number of anilines is 1. The standard InChI is InChI=1S/C25H33N7O2S/c1-26-35(33,34)23-12-11-20(15-19-7-3-2-4-8-19)24(16-23)25-28-30-32(29-25)22-10-6-14-31(18-22)21-9-5-13-27-17-21/h5,9,11-13,16-17,19,22,26H,2-4,6-8,10,14-15,18H2,1H3. The number of nitrogens with zero attached hydrogens (tertiary/aromatic N) is 6. The van der Waals surface area contributed by atoms with E-state index in [0.29, 0.717) is 11.7 Å². The van der Waals surface area contributed by atoms with Crippen LogP contribution in [-0.2, 0) is 16.4 Å². The van der Waals surface area contributed by atoms with Gasteiger partial charge in [-0.3, -0.25) is 4.98 Å². The maximum absolute atomic E-state index is 12.5. The van der Waals surface area contributed by atoms with Crippen LogP contribution in [0.4, 0.5) is 5.69 Å². The van der Waals surface area contributed by atoms with E-state index in [1.165, 1.54) is 39.2 Å². The molecule has 186 valence electrons. The van der Waals surface area contributed by atoms with Crippen LogP contribution in [0.15, 0.2) is 47.6 Å². The monoisotopic (exact) mass is 495 g/mol. The van der Waals surface area contributed by atoms with E-state index in [1.54, 1.807) is 23.1 Å². The summed E-state index contributed by atoms with van der Waals surface area (Å²) in [5, 5.41) is 13.6. The third-order valence-electron chi connectivity index (χ3n) is 7.30.